The van der Waals surface area contributed by atoms with Crippen molar-refractivity contribution >= 4 is 39.7 Å². The largest absolute Gasteiger partial charge is 0 e. The molecule has 0 saturated heterocycles. The Bertz CT molecular complexity index is 2430. The zero-order valence-electron chi connectivity index (χ0n) is 33.6. The summed E-state index contributed by atoms with van der Waals surface area (Å²) >= 11 is -1.96. The summed E-state index contributed by atoms with van der Waals surface area (Å²) < 4.78 is 21.2. The van der Waals surface area contributed by atoms with E-state index in [2.05, 4.69) is 101 Å². The van der Waals surface area contributed by atoms with Gasteiger partial charge in [-0.15, -0.1) is 17.7 Å². The van der Waals surface area contributed by atoms with Gasteiger partial charge in [-0.05, 0) is 42.5 Å². The van der Waals surface area contributed by atoms with Crippen LogP contribution in [-0.2, 0) is 26.5 Å². The van der Waals surface area contributed by atoms with Gasteiger partial charge in [0, 0.05) is 37.3 Å². The average molecular weight is 995 g/mol. The molecule has 1 unspecified atom stereocenters. The number of nitrogens with zero attached hydrogens (tertiary/aromatic N) is 3. The van der Waals surface area contributed by atoms with E-state index in [0.717, 1.165) is 68.4 Å². The van der Waals surface area contributed by atoms with Gasteiger partial charge in [-0.25, -0.2) is 4.98 Å². The Balaban J connectivity index is 0.000000183. The van der Waals surface area contributed by atoms with E-state index in [1.54, 1.807) is 6.07 Å². The average Bonchev–Trinajstić information content (AvgIpc) is 3.88. The van der Waals surface area contributed by atoms with E-state index in [1.807, 2.05) is 30.5 Å². The Labute approximate surface area is 353 Å². The number of benzene rings is 3. The van der Waals surface area contributed by atoms with Crippen LogP contribution in [0.4, 0.5) is 4.39 Å². The third-order valence-corrected chi connectivity index (χ3v) is 16.4. The molecular formula is C50H52FGeIrN3O-2. The van der Waals surface area contributed by atoms with E-state index in [4.69, 9.17) is 9.40 Å². The van der Waals surface area contributed by atoms with Crippen molar-refractivity contribution in [2.45, 2.75) is 94.3 Å². The molecule has 4 nitrogen and oxygen atoms in total. The smallest absolute Gasteiger partial charge is 0 e. The third kappa shape index (κ3) is 9.67. The van der Waals surface area contributed by atoms with Gasteiger partial charge in [-0.3, -0.25) is 0 Å². The summed E-state index contributed by atoms with van der Waals surface area (Å²) in [5.74, 6) is 9.18. The molecule has 2 aliphatic carbocycles. The number of aromatic nitrogens is 3. The van der Waals surface area contributed by atoms with Crippen LogP contribution in [0, 0.1) is 29.8 Å². The van der Waals surface area contributed by atoms with Crippen LogP contribution in [-0.4, -0.2) is 28.2 Å². The topological polar surface area (TPSA) is 51.8 Å². The predicted octanol–water partition coefficient (Wildman–Crippen LogP) is 13.2. The van der Waals surface area contributed by atoms with Crippen molar-refractivity contribution in [1.29, 1.82) is 0 Å². The van der Waals surface area contributed by atoms with Gasteiger partial charge in [0.05, 0.1) is 11.3 Å². The Hall–Kier alpha value is -3.97. The zero-order chi connectivity index (χ0) is 38.6. The molecule has 9 rings (SSSR count). The molecule has 0 amide bonds. The predicted molar refractivity (Wildman–Crippen MR) is 231 cm³/mol. The van der Waals surface area contributed by atoms with Gasteiger partial charge in [0.2, 0.25) is 5.71 Å². The van der Waals surface area contributed by atoms with Crippen molar-refractivity contribution in [2.24, 2.45) is 11.8 Å². The van der Waals surface area contributed by atoms with E-state index >= 15 is 0 Å². The van der Waals surface area contributed by atoms with E-state index < -0.39 is 13.3 Å². The van der Waals surface area contributed by atoms with Gasteiger partial charge in [-0.1, -0.05) is 85.7 Å². The van der Waals surface area contributed by atoms with Gasteiger partial charge in [0.25, 0.3) is 0 Å². The van der Waals surface area contributed by atoms with Gasteiger partial charge < -0.3 is 9.40 Å². The van der Waals surface area contributed by atoms with Crippen molar-refractivity contribution in [3.8, 4) is 33.8 Å². The van der Waals surface area contributed by atoms with E-state index in [0.29, 0.717) is 11.6 Å². The van der Waals surface area contributed by atoms with Crippen molar-refractivity contribution in [2.75, 3.05) is 0 Å². The number of pyridine rings is 3. The van der Waals surface area contributed by atoms with Crippen LogP contribution in [0.3, 0.4) is 0 Å². The summed E-state index contributed by atoms with van der Waals surface area (Å²) in [5, 5.41) is 2.05. The summed E-state index contributed by atoms with van der Waals surface area (Å²) in [6, 6.07) is 36.2. The SMILES string of the molecule is CC(c1ccnc(-c2[c-]cc3c(c2)oc2nc(-c4ccccc4)ccc23)c1)C1CCCCC1.[CH3][Ge]([CH3])([CH3])[c]1cnc(-c2[c-]ccc(F)c2)cc1CC1CCCC1.[Ir]. The monoisotopic (exact) mass is 996 g/mol. The maximum atomic E-state index is 13.5. The molecule has 4 heterocycles. The van der Waals surface area contributed by atoms with Crippen molar-refractivity contribution in [1.82, 2.24) is 15.0 Å². The Morgan fingerprint density at radius 2 is 1.51 bits per heavy atom. The van der Waals surface area contributed by atoms with Gasteiger partial charge in [0.1, 0.15) is 0 Å². The number of hydrogen-bond acceptors (Lipinski definition) is 4. The van der Waals surface area contributed by atoms with Gasteiger partial charge in [-0.2, -0.15) is 0 Å². The summed E-state index contributed by atoms with van der Waals surface area (Å²) in [6.07, 6.45) is 17.4. The second-order valence-electron chi connectivity index (χ2n) is 17.1. The minimum atomic E-state index is -1.96. The molecule has 1 radical (unpaired) electrons. The van der Waals surface area contributed by atoms with E-state index in [1.165, 1.54) is 85.4 Å². The van der Waals surface area contributed by atoms with Crippen LogP contribution in [0.1, 0.15) is 81.8 Å². The maximum Gasteiger partial charge on any atom is 0 e. The maximum absolute atomic E-state index is 13.5. The molecule has 3 aromatic carbocycles. The number of halogens is 1. The van der Waals surface area contributed by atoms with Crippen molar-refractivity contribution in [3.05, 3.63) is 132 Å². The molecule has 0 aliphatic heterocycles. The van der Waals surface area contributed by atoms with E-state index in [-0.39, 0.29) is 25.9 Å². The number of hydrogen-bond donors (Lipinski definition) is 0. The second kappa shape index (κ2) is 18.3. The van der Waals surface area contributed by atoms with Crippen LogP contribution in [0.25, 0.3) is 55.8 Å². The first-order chi connectivity index (χ1) is 27.2. The molecule has 0 N–H and O–H groups in total. The van der Waals surface area contributed by atoms with Crippen LogP contribution in [0.5, 0.6) is 0 Å². The van der Waals surface area contributed by atoms with Crippen molar-refractivity contribution in [3.63, 3.8) is 0 Å². The molecule has 7 aromatic rings. The molecule has 0 spiro atoms. The zero-order valence-corrected chi connectivity index (χ0v) is 38.1. The fourth-order valence-electron chi connectivity index (χ4n) is 8.90. The first-order valence-corrected chi connectivity index (χ1v) is 28.0. The molecule has 2 saturated carbocycles. The molecule has 2 fully saturated rings. The quantitative estimate of drug-likeness (QED) is 0.112. The number of rotatable bonds is 8. The van der Waals surface area contributed by atoms with Crippen LogP contribution >= 0.6 is 0 Å². The standard InChI is InChI=1S/C30H27N2O.C20H25FGeN.Ir/c1-20(21-8-4-2-5-9-21)23-16-17-31-28(18-23)24-12-13-25-26-14-15-27(22-10-6-3-7-11-22)32-30(26)33-29(25)19-24;1-22(2,3)19-14-23-20(16-9-6-10-18(21)12-16)13-17(19)11-15-7-4-5-8-15;/h3,6-7,10-11,13-21H,2,4-5,8-9H2,1H3;6,10,12-15H,4-5,7-8,11H2,1-3H3;/q2*-1;. The minimum Gasteiger partial charge on any atom is 0 e. The number of fused-ring (bicyclic) bond motifs is 3. The van der Waals surface area contributed by atoms with E-state index in [9.17, 15) is 4.39 Å². The first-order valence-electron chi connectivity index (χ1n) is 20.6. The summed E-state index contributed by atoms with van der Waals surface area (Å²) in [5.41, 5.74) is 9.83. The Morgan fingerprint density at radius 1 is 0.772 bits per heavy atom. The van der Waals surface area contributed by atoms with Gasteiger partial charge in [0.15, 0.2) is 0 Å². The van der Waals surface area contributed by atoms with Gasteiger partial charge >= 0.3 is 141 Å². The molecule has 7 heteroatoms. The fourth-order valence-corrected chi connectivity index (χ4v) is 12.2. The summed E-state index contributed by atoms with van der Waals surface area (Å²) in [4.78, 5) is 14.1. The molecule has 1 atom stereocenters. The Morgan fingerprint density at radius 3 is 2.26 bits per heavy atom. The first kappa shape index (κ1) is 41.2. The second-order valence-corrected chi connectivity index (χ2v) is 27.6. The molecular weight excluding hydrogens is 942 g/mol. The summed E-state index contributed by atoms with van der Waals surface area (Å²) in [6.45, 7) is 2.37. The van der Waals surface area contributed by atoms with Crippen LogP contribution < -0.4 is 4.40 Å². The normalized spacial score (nSPS) is 15.6. The fraction of sp³-hybridized carbons (Fsp3) is 0.340. The van der Waals surface area contributed by atoms with Crippen LogP contribution in [0.2, 0.25) is 17.3 Å². The number of furan rings is 1. The third-order valence-electron chi connectivity index (χ3n) is 12.1. The summed E-state index contributed by atoms with van der Waals surface area (Å²) in [7, 11) is 0. The molecule has 295 valence electrons. The molecule has 2 aliphatic rings. The molecule has 57 heavy (non-hydrogen) atoms. The Kier molecular flexibility index (Phi) is 13.2. The molecule has 4 aromatic heterocycles. The molecule has 0 bridgehead atoms. The minimum absolute atomic E-state index is 0. The van der Waals surface area contributed by atoms with Crippen LogP contribution in [0.15, 0.2) is 108 Å². The van der Waals surface area contributed by atoms with Crippen molar-refractivity contribution < 1.29 is 28.9 Å².